The van der Waals surface area contributed by atoms with Gasteiger partial charge >= 0.3 is 6.03 Å². The summed E-state index contributed by atoms with van der Waals surface area (Å²) in [7, 11) is 3.35. The number of urea groups is 1. The van der Waals surface area contributed by atoms with Crippen molar-refractivity contribution in [3.63, 3.8) is 0 Å². The molecule has 1 aromatic heterocycles. The van der Waals surface area contributed by atoms with Gasteiger partial charge in [-0.2, -0.15) is 5.10 Å². The molecule has 9 heteroatoms. The topological polar surface area (TPSA) is 96.8 Å². The van der Waals surface area contributed by atoms with Crippen LogP contribution in [0.3, 0.4) is 0 Å². The van der Waals surface area contributed by atoms with Crippen molar-refractivity contribution in [2.24, 2.45) is 7.05 Å². The second kappa shape index (κ2) is 7.57. The summed E-state index contributed by atoms with van der Waals surface area (Å²) >= 11 is 0. The predicted molar refractivity (Wildman–Crippen MR) is 104 cm³/mol. The molecule has 29 heavy (non-hydrogen) atoms. The molecule has 4 amide bonds. The Morgan fingerprint density at radius 1 is 1.21 bits per heavy atom. The number of hydrogen-bond donors (Lipinski definition) is 1. The van der Waals surface area contributed by atoms with Crippen molar-refractivity contribution in [1.29, 1.82) is 0 Å². The molecule has 2 fully saturated rings. The minimum atomic E-state index is -0.339. The molecule has 0 radical (unpaired) electrons. The summed E-state index contributed by atoms with van der Waals surface area (Å²) in [6.45, 7) is 1.03. The standard InChI is InChI=1S/C20H23N5O4/c1-23-17(11-16(22-23)13-4-3-5-15(10-13)29-2)19(27)24-8-6-14(7-9-24)25-18(26)12-21-20(25)28/h3-5,10-11,14H,6-9,12H2,1-2H3,(H,21,28). The lowest BCUT2D eigenvalue weighted by Gasteiger charge is -2.35. The number of nitrogens with one attached hydrogen (secondary N) is 1. The van der Waals surface area contributed by atoms with Gasteiger partial charge < -0.3 is 15.0 Å². The average molecular weight is 397 g/mol. The number of hydrogen-bond acceptors (Lipinski definition) is 5. The van der Waals surface area contributed by atoms with E-state index in [1.807, 2.05) is 24.3 Å². The Balaban J connectivity index is 1.46. The highest BCUT2D eigenvalue weighted by Crippen LogP contribution is 2.25. The minimum absolute atomic E-state index is 0.0556. The van der Waals surface area contributed by atoms with Crippen LogP contribution >= 0.6 is 0 Å². The van der Waals surface area contributed by atoms with Gasteiger partial charge in [0.05, 0.1) is 19.3 Å². The second-order valence-corrected chi connectivity index (χ2v) is 7.22. The third-order valence-electron chi connectivity index (χ3n) is 5.46. The van der Waals surface area contributed by atoms with Gasteiger partial charge in [-0.1, -0.05) is 12.1 Å². The van der Waals surface area contributed by atoms with E-state index in [2.05, 4.69) is 10.4 Å². The summed E-state index contributed by atoms with van der Waals surface area (Å²) in [5.41, 5.74) is 2.07. The highest BCUT2D eigenvalue weighted by Gasteiger charge is 2.37. The number of rotatable bonds is 4. The molecule has 1 aromatic carbocycles. The number of imide groups is 1. The largest absolute Gasteiger partial charge is 0.497 e. The number of piperidine rings is 1. The molecule has 2 aliphatic heterocycles. The average Bonchev–Trinajstić information content (AvgIpc) is 3.29. The summed E-state index contributed by atoms with van der Waals surface area (Å²) < 4.78 is 6.84. The monoisotopic (exact) mass is 397 g/mol. The molecule has 2 aliphatic rings. The lowest BCUT2D eigenvalue weighted by molar-refractivity contribution is -0.127. The van der Waals surface area contributed by atoms with Crippen LogP contribution in [-0.2, 0) is 11.8 Å². The minimum Gasteiger partial charge on any atom is -0.497 e. The van der Waals surface area contributed by atoms with Gasteiger partial charge in [-0.3, -0.25) is 19.2 Å². The van der Waals surface area contributed by atoms with E-state index in [0.717, 1.165) is 11.3 Å². The molecule has 4 rings (SSSR count). The fourth-order valence-corrected chi connectivity index (χ4v) is 3.88. The molecule has 9 nitrogen and oxygen atoms in total. The molecule has 0 unspecified atom stereocenters. The van der Waals surface area contributed by atoms with Crippen molar-refractivity contribution in [2.45, 2.75) is 18.9 Å². The Morgan fingerprint density at radius 3 is 2.62 bits per heavy atom. The van der Waals surface area contributed by atoms with E-state index in [1.165, 1.54) is 4.90 Å². The van der Waals surface area contributed by atoms with Crippen LogP contribution in [0.4, 0.5) is 4.79 Å². The third-order valence-corrected chi connectivity index (χ3v) is 5.46. The lowest BCUT2D eigenvalue weighted by Crippen LogP contribution is -2.49. The maximum Gasteiger partial charge on any atom is 0.324 e. The van der Waals surface area contributed by atoms with Gasteiger partial charge in [-0.15, -0.1) is 0 Å². The number of nitrogens with zero attached hydrogens (tertiary/aromatic N) is 4. The van der Waals surface area contributed by atoms with Gasteiger partial charge in [0.25, 0.3) is 5.91 Å². The van der Waals surface area contributed by atoms with Crippen LogP contribution in [0.5, 0.6) is 5.75 Å². The number of likely N-dealkylation sites (tertiary alicyclic amines) is 1. The molecule has 2 saturated heterocycles. The van der Waals surface area contributed by atoms with Crippen molar-refractivity contribution >= 4 is 17.8 Å². The van der Waals surface area contributed by atoms with E-state index >= 15 is 0 Å². The van der Waals surface area contributed by atoms with Gasteiger partial charge in [0, 0.05) is 31.7 Å². The number of methoxy groups -OCH3 is 1. The quantitative estimate of drug-likeness (QED) is 0.784. The van der Waals surface area contributed by atoms with Crippen LogP contribution in [0.2, 0.25) is 0 Å². The van der Waals surface area contributed by atoms with Crippen molar-refractivity contribution in [1.82, 2.24) is 24.9 Å². The van der Waals surface area contributed by atoms with E-state index in [9.17, 15) is 14.4 Å². The van der Waals surface area contributed by atoms with Crippen LogP contribution < -0.4 is 10.1 Å². The zero-order valence-corrected chi connectivity index (χ0v) is 16.4. The summed E-state index contributed by atoms with van der Waals surface area (Å²) in [5.74, 6) is 0.419. The van der Waals surface area contributed by atoms with Crippen LogP contribution in [0.1, 0.15) is 23.3 Å². The first-order valence-corrected chi connectivity index (χ1v) is 9.55. The molecule has 0 bridgehead atoms. The van der Waals surface area contributed by atoms with E-state index in [0.29, 0.717) is 37.3 Å². The Hall–Kier alpha value is -3.36. The van der Waals surface area contributed by atoms with Gasteiger partial charge in [-0.25, -0.2) is 4.79 Å². The van der Waals surface area contributed by atoms with E-state index in [-0.39, 0.29) is 30.4 Å². The maximum absolute atomic E-state index is 13.0. The van der Waals surface area contributed by atoms with E-state index in [4.69, 9.17) is 4.74 Å². The Kier molecular flexibility index (Phi) is 4.96. The van der Waals surface area contributed by atoms with Crippen LogP contribution in [0.25, 0.3) is 11.3 Å². The molecule has 0 atom stereocenters. The third kappa shape index (κ3) is 3.55. The fraction of sp³-hybridized carbons (Fsp3) is 0.400. The summed E-state index contributed by atoms with van der Waals surface area (Å²) in [5, 5.41) is 7.02. The number of ether oxygens (including phenoxy) is 1. The number of aromatic nitrogens is 2. The fourth-order valence-electron chi connectivity index (χ4n) is 3.88. The van der Waals surface area contributed by atoms with Gasteiger partial charge in [-0.05, 0) is 31.0 Å². The number of aryl methyl sites for hydroxylation is 1. The smallest absolute Gasteiger partial charge is 0.324 e. The molecule has 0 aliphatic carbocycles. The number of carbonyl (C=O) groups excluding carboxylic acids is 3. The van der Waals surface area contributed by atoms with Crippen LogP contribution in [-0.4, -0.2) is 70.2 Å². The Bertz CT molecular complexity index is 946. The molecule has 3 heterocycles. The highest BCUT2D eigenvalue weighted by atomic mass is 16.5. The first-order valence-electron chi connectivity index (χ1n) is 9.55. The molecule has 2 aromatic rings. The highest BCUT2D eigenvalue weighted by molar-refractivity contribution is 6.02. The van der Waals surface area contributed by atoms with Gasteiger partial charge in [0.2, 0.25) is 5.91 Å². The predicted octanol–water partition coefficient (Wildman–Crippen LogP) is 1.25. The van der Waals surface area contributed by atoms with E-state index < -0.39 is 0 Å². The van der Waals surface area contributed by atoms with Crippen molar-refractivity contribution in [3.05, 3.63) is 36.0 Å². The Labute approximate surface area is 168 Å². The van der Waals surface area contributed by atoms with Gasteiger partial charge in [0.1, 0.15) is 11.4 Å². The first-order chi connectivity index (χ1) is 14.0. The van der Waals surface area contributed by atoms with Crippen LogP contribution in [0.15, 0.2) is 30.3 Å². The van der Waals surface area contributed by atoms with E-state index in [1.54, 1.807) is 29.8 Å². The molecular formula is C20H23N5O4. The normalized spacial score (nSPS) is 17.6. The summed E-state index contributed by atoms with van der Waals surface area (Å²) in [6, 6.07) is 8.81. The summed E-state index contributed by atoms with van der Waals surface area (Å²) in [4.78, 5) is 39.8. The van der Waals surface area contributed by atoms with Crippen LogP contribution in [0, 0.1) is 0 Å². The summed E-state index contributed by atoms with van der Waals surface area (Å²) in [6.07, 6.45) is 1.15. The molecule has 152 valence electrons. The Morgan fingerprint density at radius 2 is 1.97 bits per heavy atom. The zero-order chi connectivity index (χ0) is 20.5. The lowest BCUT2D eigenvalue weighted by atomic mass is 10.0. The first kappa shape index (κ1) is 19.0. The SMILES string of the molecule is COc1cccc(-c2cc(C(=O)N3CCC(N4C(=O)CNC4=O)CC3)n(C)n2)c1. The zero-order valence-electron chi connectivity index (χ0n) is 16.4. The molecule has 1 N–H and O–H groups in total. The number of benzene rings is 1. The second-order valence-electron chi connectivity index (χ2n) is 7.22. The van der Waals surface area contributed by atoms with Crippen molar-refractivity contribution < 1.29 is 19.1 Å². The van der Waals surface area contributed by atoms with Crippen molar-refractivity contribution in [2.75, 3.05) is 26.7 Å². The number of amides is 4. The molecular weight excluding hydrogens is 374 g/mol. The molecule has 0 saturated carbocycles. The number of carbonyl (C=O) groups is 3. The maximum atomic E-state index is 13.0. The van der Waals surface area contributed by atoms with Gasteiger partial charge in [0.15, 0.2) is 0 Å². The molecule has 0 spiro atoms. The van der Waals surface area contributed by atoms with Crippen molar-refractivity contribution in [3.8, 4) is 17.0 Å².